The maximum Gasteiger partial charge on any atom is 0.573 e. The molecule has 1 amide bonds. The Hall–Kier alpha value is -2.86. The highest BCUT2D eigenvalue weighted by Gasteiger charge is 2.64. The second-order valence-corrected chi connectivity index (χ2v) is 5.01. The number of alkyl halides is 6. The zero-order valence-corrected chi connectivity index (χ0v) is 14.5. The number of nitrogens with one attached hydrogen (secondary N) is 2. The third-order valence-electron chi connectivity index (χ3n) is 2.99. The Morgan fingerprint density at radius 2 is 1.46 bits per heavy atom. The molecule has 0 heterocycles. The number of carbonyl (C=O) groups is 2. The van der Waals surface area contributed by atoms with E-state index in [1.54, 1.807) is 5.32 Å². The Bertz CT molecular complexity index is 677. The number of alkyl carbamates (subject to hydrolysis) is 1. The minimum absolute atomic E-state index is 0.286. The van der Waals surface area contributed by atoms with Crippen molar-refractivity contribution in [3.8, 4) is 5.75 Å². The SMILES string of the molecule is CCOC(=O)NC(Nc1ccc(OC(F)(F)F)cc1)(C(=O)OCC)C(F)(F)F. The molecule has 1 rings (SSSR count). The van der Waals surface area contributed by atoms with E-state index in [-0.39, 0.29) is 6.61 Å². The van der Waals surface area contributed by atoms with Crippen LogP contribution < -0.4 is 15.4 Å². The van der Waals surface area contributed by atoms with Crippen LogP contribution >= 0.6 is 0 Å². The summed E-state index contributed by atoms with van der Waals surface area (Å²) in [6.45, 7) is 1.84. The molecule has 0 aliphatic heterocycles. The van der Waals surface area contributed by atoms with E-state index in [0.29, 0.717) is 12.1 Å². The van der Waals surface area contributed by atoms with Crippen LogP contribution in [0.4, 0.5) is 36.8 Å². The van der Waals surface area contributed by atoms with E-state index >= 15 is 0 Å². The van der Waals surface area contributed by atoms with Gasteiger partial charge in [0.2, 0.25) is 0 Å². The first-order valence-corrected chi connectivity index (χ1v) is 7.67. The molecule has 1 unspecified atom stereocenters. The molecule has 2 N–H and O–H groups in total. The van der Waals surface area contributed by atoms with Gasteiger partial charge in [-0.2, -0.15) is 13.2 Å². The molecule has 0 bridgehead atoms. The highest BCUT2D eigenvalue weighted by atomic mass is 19.4. The lowest BCUT2D eigenvalue weighted by Crippen LogP contribution is -2.69. The third kappa shape index (κ3) is 6.09. The summed E-state index contributed by atoms with van der Waals surface area (Å²) in [5.74, 6) is -2.60. The lowest BCUT2D eigenvalue weighted by atomic mass is 10.1. The third-order valence-corrected chi connectivity index (χ3v) is 2.99. The largest absolute Gasteiger partial charge is 0.573 e. The summed E-state index contributed by atoms with van der Waals surface area (Å²) < 4.78 is 90.1. The smallest absolute Gasteiger partial charge is 0.463 e. The van der Waals surface area contributed by atoms with Crippen molar-refractivity contribution in [1.29, 1.82) is 0 Å². The summed E-state index contributed by atoms with van der Waals surface area (Å²) >= 11 is 0. The topological polar surface area (TPSA) is 85.9 Å². The van der Waals surface area contributed by atoms with Gasteiger partial charge in [-0.15, -0.1) is 13.2 Å². The number of amides is 1. The van der Waals surface area contributed by atoms with Crippen LogP contribution in [0.15, 0.2) is 24.3 Å². The summed E-state index contributed by atoms with van der Waals surface area (Å²) in [6, 6.07) is 3.00. The van der Waals surface area contributed by atoms with Crippen molar-refractivity contribution in [2.75, 3.05) is 18.5 Å². The quantitative estimate of drug-likeness (QED) is 0.400. The summed E-state index contributed by atoms with van der Waals surface area (Å²) in [5, 5.41) is 3.12. The van der Waals surface area contributed by atoms with Gasteiger partial charge in [0.05, 0.1) is 13.2 Å². The Morgan fingerprint density at radius 1 is 0.929 bits per heavy atom. The molecule has 13 heteroatoms. The standard InChI is InChI=1S/C15H16F6N2O5/c1-3-26-11(24)13(14(16,17)18,23-12(25)27-4-2)22-9-5-7-10(8-6-9)28-15(19,20)21/h5-8,22H,3-4H2,1-2H3,(H,23,25). The van der Waals surface area contributed by atoms with Crippen LogP contribution in [0.1, 0.15) is 13.8 Å². The summed E-state index contributed by atoms with van der Waals surface area (Å²) in [7, 11) is 0. The maximum absolute atomic E-state index is 13.7. The Morgan fingerprint density at radius 3 is 1.89 bits per heavy atom. The molecule has 7 nitrogen and oxygen atoms in total. The average molecular weight is 418 g/mol. The summed E-state index contributed by atoms with van der Waals surface area (Å²) in [5.41, 5.74) is -4.21. The number of benzene rings is 1. The lowest BCUT2D eigenvalue weighted by molar-refractivity contribution is -0.274. The van der Waals surface area contributed by atoms with Crippen molar-refractivity contribution in [3.05, 3.63) is 24.3 Å². The van der Waals surface area contributed by atoms with Gasteiger partial charge in [0.15, 0.2) is 0 Å². The highest BCUT2D eigenvalue weighted by Crippen LogP contribution is 2.34. The number of ether oxygens (including phenoxy) is 3. The van der Waals surface area contributed by atoms with Crippen molar-refractivity contribution >= 4 is 17.7 Å². The first-order chi connectivity index (χ1) is 12.8. The molecule has 158 valence electrons. The van der Waals surface area contributed by atoms with Crippen LogP contribution in [-0.2, 0) is 14.3 Å². The van der Waals surface area contributed by atoms with Crippen molar-refractivity contribution in [1.82, 2.24) is 5.32 Å². The van der Waals surface area contributed by atoms with Gasteiger partial charge in [0.1, 0.15) is 5.75 Å². The maximum atomic E-state index is 13.7. The first-order valence-electron chi connectivity index (χ1n) is 7.67. The molecule has 0 aliphatic rings. The second kappa shape index (κ2) is 8.89. The Balaban J connectivity index is 3.26. The van der Waals surface area contributed by atoms with E-state index in [0.717, 1.165) is 12.1 Å². The minimum atomic E-state index is -5.41. The molecule has 0 aliphatic carbocycles. The van der Waals surface area contributed by atoms with Gasteiger partial charge >= 0.3 is 30.3 Å². The predicted octanol–water partition coefficient (Wildman–Crippen LogP) is 3.56. The van der Waals surface area contributed by atoms with E-state index < -0.39 is 48.3 Å². The van der Waals surface area contributed by atoms with Crippen LogP contribution in [-0.4, -0.2) is 43.5 Å². The number of rotatable bonds is 7. The Kier molecular flexibility index (Phi) is 7.36. The molecule has 0 radical (unpaired) electrons. The first kappa shape index (κ1) is 23.2. The molecule has 1 atom stereocenters. The summed E-state index contributed by atoms with van der Waals surface area (Å²) in [6.07, 6.45) is -12.0. The van der Waals surface area contributed by atoms with Gasteiger partial charge in [-0.05, 0) is 38.1 Å². The lowest BCUT2D eigenvalue weighted by Gasteiger charge is -2.34. The van der Waals surface area contributed by atoms with Crippen LogP contribution in [0.5, 0.6) is 5.75 Å². The van der Waals surface area contributed by atoms with E-state index in [1.807, 2.05) is 0 Å². The number of carbonyl (C=O) groups excluding carboxylic acids is 2. The van der Waals surface area contributed by atoms with Gasteiger partial charge in [-0.1, -0.05) is 0 Å². The van der Waals surface area contributed by atoms with Crippen molar-refractivity contribution in [3.63, 3.8) is 0 Å². The molecule has 0 saturated carbocycles. The highest BCUT2D eigenvalue weighted by molar-refractivity contribution is 5.89. The molecular weight excluding hydrogens is 402 g/mol. The van der Waals surface area contributed by atoms with Crippen LogP contribution in [0.2, 0.25) is 0 Å². The minimum Gasteiger partial charge on any atom is -0.463 e. The predicted molar refractivity (Wildman–Crippen MR) is 82.3 cm³/mol. The number of hydrogen-bond donors (Lipinski definition) is 2. The summed E-state index contributed by atoms with van der Waals surface area (Å²) in [4.78, 5) is 23.7. The fourth-order valence-corrected chi connectivity index (χ4v) is 1.91. The van der Waals surface area contributed by atoms with E-state index in [1.165, 1.54) is 19.2 Å². The van der Waals surface area contributed by atoms with E-state index in [9.17, 15) is 35.9 Å². The van der Waals surface area contributed by atoms with Gasteiger partial charge < -0.3 is 19.5 Å². The zero-order valence-electron chi connectivity index (χ0n) is 14.5. The molecule has 0 saturated heterocycles. The van der Waals surface area contributed by atoms with Gasteiger partial charge in [-0.25, -0.2) is 9.59 Å². The number of hydrogen-bond acceptors (Lipinski definition) is 6. The fraction of sp³-hybridized carbons (Fsp3) is 0.467. The molecular formula is C15H16F6N2O5. The molecule has 0 fully saturated rings. The molecule has 0 aromatic heterocycles. The van der Waals surface area contributed by atoms with Crippen molar-refractivity contribution in [2.45, 2.75) is 32.0 Å². The zero-order chi connectivity index (χ0) is 21.6. The molecule has 0 spiro atoms. The van der Waals surface area contributed by atoms with Crippen molar-refractivity contribution in [2.24, 2.45) is 0 Å². The van der Waals surface area contributed by atoms with Gasteiger partial charge in [0, 0.05) is 5.69 Å². The number of halogens is 6. The van der Waals surface area contributed by atoms with Crippen LogP contribution in [0.25, 0.3) is 0 Å². The van der Waals surface area contributed by atoms with Gasteiger partial charge in [-0.3, -0.25) is 5.32 Å². The van der Waals surface area contributed by atoms with Gasteiger partial charge in [0.25, 0.3) is 0 Å². The Labute approximate surface area is 154 Å². The molecule has 1 aromatic rings. The van der Waals surface area contributed by atoms with Crippen molar-refractivity contribution < 1.29 is 50.1 Å². The average Bonchev–Trinajstić information content (AvgIpc) is 2.54. The van der Waals surface area contributed by atoms with Crippen LogP contribution in [0, 0.1) is 0 Å². The fourth-order valence-electron chi connectivity index (χ4n) is 1.91. The molecule has 28 heavy (non-hydrogen) atoms. The molecule has 1 aromatic carbocycles. The number of anilines is 1. The van der Waals surface area contributed by atoms with E-state index in [2.05, 4.69) is 14.2 Å². The van der Waals surface area contributed by atoms with E-state index in [4.69, 9.17) is 0 Å². The number of esters is 1. The normalized spacial score (nSPS) is 13.9. The monoisotopic (exact) mass is 418 g/mol. The van der Waals surface area contributed by atoms with Crippen LogP contribution in [0.3, 0.4) is 0 Å². The second-order valence-electron chi connectivity index (χ2n) is 5.01.